The Bertz CT molecular complexity index is 939. The average molecular weight is 324 g/mol. The minimum absolute atomic E-state index is 0.327. The number of aromatic nitrogens is 2. The zero-order chi connectivity index (χ0) is 16.2. The highest BCUT2D eigenvalue weighted by Crippen LogP contribution is 2.11. The molecule has 0 saturated heterocycles. The standard InChI is InChI=1S/C17H16N4OS/c1-3-10-21-12(2)11-23-17(21)20-19-16(22)15-9-8-13-6-4-5-7-14(13)18-15/h3-9,11H,1,10H2,2H3,(H,19,22)/b20-17-. The van der Waals surface area contributed by atoms with Crippen LogP contribution in [0.3, 0.4) is 0 Å². The van der Waals surface area contributed by atoms with E-state index >= 15 is 0 Å². The van der Waals surface area contributed by atoms with Gasteiger partial charge in [0, 0.05) is 23.0 Å². The number of hydrogen-bond acceptors (Lipinski definition) is 4. The van der Waals surface area contributed by atoms with Crippen LogP contribution >= 0.6 is 11.3 Å². The number of aryl methyl sites for hydroxylation is 1. The van der Waals surface area contributed by atoms with Gasteiger partial charge in [0.2, 0.25) is 4.80 Å². The number of nitrogens with zero attached hydrogens (tertiary/aromatic N) is 3. The zero-order valence-electron chi connectivity index (χ0n) is 12.7. The number of nitrogens with one attached hydrogen (secondary N) is 1. The quantitative estimate of drug-likeness (QED) is 0.592. The Balaban J connectivity index is 1.86. The maximum atomic E-state index is 12.2. The first-order valence-corrected chi connectivity index (χ1v) is 8.02. The molecule has 1 amide bonds. The summed E-state index contributed by atoms with van der Waals surface area (Å²) in [5.74, 6) is -0.327. The van der Waals surface area contributed by atoms with E-state index in [1.165, 1.54) is 11.3 Å². The Labute approximate surface area is 137 Å². The van der Waals surface area contributed by atoms with Crippen LogP contribution in [0.5, 0.6) is 0 Å². The summed E-state index contributed by atoms with van der Waals surface area (Å²) in [5.41, 5.74) is 4.78. The molecule has 0 fully saturated rings. The van der Waals surface area contributed by atoms with Gasteiger partial charge < -0.3 is 4.57 Å². The summed E-state index contributed by atoms with van der Waals surface area (Å²) in [7, 11) is 0. The third-order valence-electron chi connectivity index (χ3n) is 3.39. The Morgan fingerprint density at radius 3 is 3.04 bits per heavy atom. The summed E-state index contributed by atoms with van der Waals surface area (Å²) < 4.78 is 1.98. The minimum atomic E-state index is -0.327. The molecule has 0 radical (unpaired) electrons. The van der Waals surface area contributed by atoms with Crippen molar-refractivity contribution in [3.05, 3.63) is 70.6 Å². The second-order valence-corrected chi connectivity index (χ2v) is 5.84. The van der Waals surface area contributed by atoms with E-state index in [0.717, 1.165) is 21.4 Å². The van der Waals surface area contributed by atoms with Crippen molar-refractivity contribution in [3.63, 3.8) is 0 Å². The highest BCUT2D eigenvalue weighted by molar-refractivity contribution is 7.07. The van der Waals surface area contributed by atoms with Gasteiger partial charge in [-0.2, -0.15) is 0 Å². The van der Waals surface area contributed by atoms with E-state index in [1.807, 2.05) is 47.2 Å². The number of pyridine rings is 1. The van der Waals surface area contributed by atoms with E-state index in [1.54, 1.807) is 12.1 Å². The second kappa shape index (κ2) is 6.58. The number of para-hydroxylation sites is 1. The van der Waals surface area contributed by atoms with E-state index in [2.05, 4.69) is 22.1 Å². The molecule has 0 unspecified atom stereocenters. The lowest BCUT2D eigenvalue weighted by Crippen LogP contribution is -2.25. The van der Waals surface area contributed by atoms with E-state index in [9.17, 15) is 4.79 Å². The lowest BCUT2D eigenvalue weighted by Gasteiger charge is -2.03. The van der Waals surface area contributed by atoms with Crippen molar-refractivity contribution in [2.45, 2.75) is 13.5 Å². The summed E-state index contributed by atoms with van der Waals surface area (Å²) in [6.07, 6.45) is 1.80. The summed E-state index contributed by atoms with van der Waals surface area (Å²) >= 11 is 1.47. The van der Waals surface area contributed by atoms with Crippen molar-refractivity contribution >= 4 is 28.1 Å². The number of fused-ring (bicyclic) bond motifs is 1. The Kier molecular flexibility index (Phi) is 4.34. The summed E-state index contributed by atoms with van der Waals surface area (Å²) in [6.45, 7) is 6.38. The van der Waals surface area contributed by atoms with Crippen LogP contribution in [0.1, 0.15) is 16.2 Å². The second-order valence-electron chi connectivity index (χ2n) is 5.00. The van der Waals surface area contributed by atoms with Gasteiger partial charge in [-0.25, -0.2) is 10.4 Å². The lowest BCUT2D eigenvalue weighted by atomic mass is 10.2. The zero-order valence-corrected chi connectivity index (χ0v) is 13.5. The summed E-state index contributed by atoms with van der Waals surface area (Å²) in [5, 5.41) is 7.18. The number of hydrogen-bond donors (Lipinski definition) is 1. The predicted octanol–water partition coefficient (Wildman–Crippen LogP) is 2.84. The van der Waals surface area contributed by atoms with Gasteiger partial charge in [-0.3, -0.25) is 4.79 Å². The van der Waals surface area contributed by atoms with E-state index in [0.29, 0.717) is 12.2 Å². The first-order chi connectivity index (χ1) is 11.2. The molecule has 23 heavy (non-hydrogen) atoms. The van der Waals surface area contributed by atoms with Gasteiger partial charge in [0.15, 0.2) is 0 Å². The van der Waals surface area contributed by atoms with Gasteiger partial charge in [-0.15, -0.1) is 23.0 Å². The van der Waals surface area contributed by atoms with Gasteiger partial charge >= 0.3 is 0 Å². The third kappa shape index (κ3) is 3.22. The van der Waals surface area contributed by atoms with Gasteiger partial charge in [0.1, 0.15) is 5.69 Å². The van der Waals surface area contributed by atoms with Crippen molar-refractivity contribution in [2.24, 2.45) is 5.10 Å². The molecule has 2 aromatic heterocycles. The molecule has 2 heterocycles. The number of rotatable bonds is 4. The maximum absolute atomic E-state index is 12.2. The number of amides is 1. The topological polar surface area (TPSA) is 59.3 Å². The molecule has 6 heteroatoms. The van der Waals surface area contributed by atoms with E-state index in [-0.39, 0.29) is 5.91 Å². The molecule has 5 nitrogen and oxygen atoms in total. The van der Waals surface area contributed by atoms with Crippen LogP contribution in [0.15, 0.2) is 59.5 Å². The fraction of sp³-hybridized carbons (Fsp3) is 0.118. The fourth-order valence-corrected chi connectivity index (χ4v) is 3.05. The van der Waals surface area contributed by atoms with Crippen LogP contribution in [0.4, 0.5) is 0 Å². The lowest BCUT2D eigenvalue weighted by molar-refractivity contribution is 0.0948. The highest BCUT2D eigenvalue weighted by Gasteiger charge is 2.07. The van der Waals surface area contributed by atoms with E-state index < -0.39 is 0 Å². The summed E-state index contributed by atoms with van der Waals surface area (Å²) in [6, 6.07) is 11.3. The third-order valence-corrected chi connectivity index (χ3v) is 4.37. The molecule has 0 bridgehead atoms. The van der Waals surface area contributed by atoms with Crippen molar-refractivity contribution in [2.75, 3.05) is 0 Å². The molecule has 0 aliphatic rings. The van der Waals surface area contributed by atoms with Crippen LogP contribution in [-0.2, 0) is 6.54 Å². The molecule has 3 rings (SSSR count). The van der Waals surface area contributed by atoms with Crippen molar-refractivity contribution in [3.8, 4) is 0 Å². The predicted molar refractivity (Wildman–Crippen MR) is 92.0 cm³/mol. The van der Waals surface area contributed by atoms with Gasteiger partial charge in [-0.1, -0.05) is 30.3 Å². The molecular weight excluding hydrogens is 308 g/mol. The molecule has 1 aromatic carbocycles. The van der Waals surface area contributed by atoms with Crippen LogP contribution in [0.2, 0.25) is 0 Å². The molecule has 0 aliphatic carbocycles. The number of thiazole rings is 1. The van der Waals surface area contributed by atoms with Crippen LogP contribution < -0.4 is 10.2 Å². The van der Waals surface area contributed by atoms with Gasteiger partial charge in [0.05, 0.1) is 5.52 Å². The molecule has 0 atom stereocenters. The van der Waals surface area contributed by atoms with Crippen LogP contribution in [-0.4, -0.2) is 15.5 Å². The number of carbonyl (C=O) groups is 1. The molecule has 116 valence electrons. The number of carbonyl (C=O) groups excluding carboxylic acids is 1. The normalized spacial score (nSPS) is 11.6. The van der Waals surface area contributed by atoms with Gasteiger partial charge in [-0.05, 0) is 19.1 Å². The highest BCUT2D eigenvalue weighted by atomic mass is 32.1. The van der Waals surface area contributed by atoms with Crippen molar-refractivity contribution in [1.29, 1.82) is 0 Å². The molecule has 0 saturated carbocycles. The fourth-order valence-electron chi connectivity index (χ4n) is 2.20. The Morgan fingerprint density at radius 2 is 2.22 bits per heavy atom. The first-order valence-electron chi connectivity index (χ1n) is 7.15. The molecule has 0 aliphatic heterocycles. The van der Waals surface area contributed by atoms with Crippen LogP contribution in [0.25, 0.3) is 10.9 Å². The molecular formula is C17H16N4OS. The number of benzene rings is 1. The van der Waals surface area contributed by atoms with Crippen LogP contribution in [0, 0.1) is 6.92 Å². The van der Waals surface area contributed by atoms with Gasteiger partial charge in [0.25, 0.3) is 5.91 Å². The summed E-state index contributed by atoms with van der Waals surface area (Å²) in [4.78, 5) is 17.3. The Hall–Kier alpha value is -2.73. The minimum Gasteiger partial charge on any atom is -0.316 e. The van der Waals surface area contributed by atoms with Crippen molar-refractivity contribution in [1.82, 2.24) is 15.0 Å². The van der Waals surface area contributed by atoms with Crippen molar-refractivity contribution < 1.29 is 4.79 Å². The van der Waals surface area contributed by atoms with E-state index in [4.69, 9.17) is 0 Å². The first kappa shape index (κ1) is 15.2. The SMILES string of the molecule is C=CCn1c(C)cs/c1=N\NC(=O)c1ccc2ccccc2n1. The molecule has 3 aromatic rings. The largest absolute Gasteiger partial charge is 0.316 e. The average Bonchev–Trinajstić information content (AvgIpc) is 2.93. The smallest absolute Gasteiger partial charge is 0.290 e. The Morgan fingerprint density at radius 1 is 1.39 bits per heavy atom. The molecule has 1 N–H and O–H groups in total. The monoisotopic (exact) mass is 324 g/mol. The maximum Gasteiger partial charge on any atom is 0.290 e. The molecule has 0 spiro atoms. The number of allylic oxidation sites excluding steroid dienone is 1.